The van der Waals surface area contributed by atoms with Gasteiger partial charge in [-0.2, -0.15) is 5.10 Å². The van der Waals surface area contributed by atoms with Crippen molar-refractivity contribution in [2.24, 2.45) is 0 Å². The summed E-state index contributed by atoms with van der Waals surface area (Å²) >= 11 is 0. The van der Waals surface area contributed by atoms with Crippen LogP contribution in [-0.2, 0) is 21.7 Å². The molecular formula is C17H22N4O2. The number of nitrogens with zero attached hydrogens (tertiary/aromatic N) is 2. The van der Waals surface area contributed by atoms with Crippen LogP contribution in [0.3, 0.4) is 0 Å². The van der Waals surface area contributed by atoms with Crippen LogP contribution in [0.2, 0.25) is 0 Å². The lowest BCUT2D eigenvalue weighted by atomic mass is 9.87. The summed E-state index contributed by atoms with van der Waals surface area (Å²) in [6, 6.07) is 9.60. The number of benzene rings is 1. The maximum atomic E-state index is 13.0. The molecule has 1 amide bonds. The van der Waals surface area contributed by atoms with Gasteiger partial charge in [0.15, 0.2) is 0 Å². The average molecular weight is 314 g/mol. The van der Waals surface area contributed by atoms with E-state index >= 15 is 0 Å². The largest absolute Gasteiger partial charge is 0.380 e. The van der Waals surface area contributed by atoms with Crippen LogP contribution in [0.5, 0.6) is 0 Å². The molecule has 6 heteroatoms. The summed E-state index contributed by atoms with van der Waals surface area (Å²) in [5.41, 5.74) is 1.19. The van der Waals surface area contributed by atoms with Crippen molar-refractivity contribution in [1.82, 2.24) is 15.1 Å². The Balaban J connectivity index is 1.83. The highest BCUT2D eigenvalue weighted by Crippen LogP contribution is 2.28. The number of rotatable bonds is 5. The van der Waals surface area contributed by atoms with E-state index in [1.54, 1.807) is 18.0 Å². The van der Waals surface area contributed by atoms with Gasteiger partial charge < -0.3 is 15.4 Å². The van der Waals surface area contributed by atoms with E-state index in [1.165, 1.54) is 0 Å². The minimum atomic E-state index is -0.633. The molecule has 0 aliphatic carbocycles. The standard InChI is InChI=1S/C17H22N4O2/c1-23-13-14-4-2-5-15(12-14)20-16(22)17(6-9-18-10-7-17)21-11-3-8-19-21/h2-5,8,11-12,18H,6-7,9-10,13H2,1H3,(H,20,22). The van der Waals surface area contributed by atoms with Crippen molar-refractivity contribution < 1.29 is 9.53 Å². The third kappa shape index (κ3) is 3.28. The van der Waals surface area contributed by atoms with E-state index in [0.29, 0.717) is 6.61 Å². The zero-order valence-electron chi connectivity index (χ0n) is 13.3. The molecule has 2 N–H and O–H groups in total. The maximum absolute atomic E-state index is 13.0. The van der Waals surface area contributed by atoms with E-state index in [4.69, 9.17) is 4.74 Å². The number of hydrogen-bond donors (Lipinski definition) is 2. The first kappa shape index (κ1) is 15.7. The Morgan fingerprint density at radius 2 is 2.22 bits per heavy atom. The topological polar surface area (TPSA) is 68.2 Å². The summed E-state index contributed by atoms with van der Waals surface area (Å²) < 4.78 is 6.94. The molecule has 1 saturated heterocycles. The Labute approximate surface area is 135 Å². The van der Waals surface area contributed by atoms with Crippen molar-refractivity contribution >= 4 is 11.6 Å². The predicted octanol–water partition coefficient (Wildman–Crippen LogP) is 1.75. The summed E-state index contributed by atoms with van der Waals surface area (Å²) in [5.74, 6) is -0.0164. The van der Waals surface area contributed by atoms with Gasteiger partial charge in [0.25, 0.3) is 5.91 Å². The van der Waals surface area contributed by atoms with Gasteiger partial charge in [-0.25, -0.2) is 0 Å². The van der Waals surface area contributed by atoms with E-state index in [9.17, 15) is 4.79 Å². The third-order valence-corrected chi connectivity index (χ3v) is 4.29. The number of methoxy groups -OCH3 is 1. The quantitative estimate of drug-likeness (QED) is 0.882. The van der Waals surface area contributed by atoms with E-state index < -0.39 is 5.54 Å². The number of carbonyl (C=O) groups excluding carboxylic acids is 1. The van der Waals surface area contributed by atoms with Crippen molar-refractivity contribution in [2.45, 2.75) is 25.0 Å². The number of nitrogens with one attached hydrogen (secondary N) is 2. The number of aromatic nitrogens is 2. The number of piperidine rings is 1. The lowest BCUT2D eigenvalue weighted by molar-refractivity contribution is -0.126. The zero-order chi connectivity index (χ0) is 16.1. The van der Waals surface area contributed by atoms with Gasteiger partial charge in [0.05, 0.1) is 6.61 Å². The fourth-order valence-corrected chi connectivity index (χ4v) is 3.08. The molecule has 1 fully saturated rings. The minimum absolute atomic E-state index is 0.0164. The molecule has 2 heterocycles. The molecule has 0 atom stereocenters. The molecule has 1 aromatic heterocycles. The first-order chi connectivity index (χ1) is 11.2. The Bertz CT molecular complexity index is 648. The normalized spacial score (nSPS) is 16.9. The summed E-state index contributed by atoms with van der Waals surface area (Å²) in [6.07, 6.45) is 5.03. The summed E-state index contributed by atoms with van der Waals surface area (Å²) in [6.45, 7) is 2.13. The summed E-state index contributed by atoms with van der Waals surface area (Å²) in [5, 5.41) is 10.7. The van der Waals surface area contributed by atoms with Crippen LogP contribution in [0.4, 0.5) is 5.69 Å². The number of amides is 1. The lowest BCUT2D eigenvalue weighted by Crippen LogP contribution is -2.52. The van der Waals surface area contributed by atoms with Gasteiger partial charge in [0.1, 0.15) is 5.54 Å². The smallest absolute Gasteiger partial charge is 0.252 e. The Morgan fingerprint density at radius 3 is 2.91 bits per heavy atom. The van der Waals surface area contributed by atoms with Gasteiger partial charge in [-0.05, 0) is 49.7 Å². The van der Waals surface area contributed by atoms with Crippen LogP contribution in [0.25, 0.3) is 0 Å². The van der Waals surface area contributed by atoms with Crippen LogP contribution >= 0.6 is 0 Å². The number of hydrogen-bond acceptors (Lipinski definition) is 4. The van der Waals surface area contributed by atoms with Crippen molar-refractivity contribution in [2.75, 3.05) is 25.5 Å². The second-order valence-electron chi connectivity index (χ2n) is 5.82. The first-order valence-corrected chi connectivity index (χ1v) is 7.85. The molecule has 0 radical (unpaired) electrons. The molecule has 2 aromatic rings. The average Bonchev–Trinajstić information content (AvgIpc) is 3.11. The van der Waals surface area contributed by atoms with Gasteiger partial charge in [0, 0.05) is 25.2 Å². The van der Waals surface area contributed by atoms with Crippen molar-refractivity contribution in [3.05, 3.63) is 48.3 Å². The number of anilines is 1. The van der Waals surface area contributed by atoms with Crippen molar-refractivity contribution in [3.63, 3.8) is 0 Å². The fourth-order valence-electron chi connectivity index (χ4n) is 3.08. The van der Waals surface area contributed by atoms with Gasteiger partial charge in [-0.15, -0.1) is 0 Å². The molecule has 23 heavy (non-hydrogen) atoms. The van der Waals surface area contributed by atoms with E-state index in [1.807, 2.05) is 36.5 Å². The molecular weight excluding hydrogens is 292 g/mol. The Kier molecular flexibility index (Phi) is 4.73. The Morgan fingerprint density at radius 1 is 1.39 bits per heavy atom. The minimum Gasteiger partial charge on any atom is -0.380 e. The molecule has 3 rings (SSSR count). The molecule has 0 bridgehead atoms. The summed E-state index contributed by atoms with van der Waals surface area (Å²) in [7, 11) is 1.66. The van der Waals surface area contributed by atoms with E-state index in [0.717, 1.165) is 37.2 Å². The highest BCUT2D eigenvalue weighted by molar-refractivity contribution is 5.96. The molecule has 1 aliphatic rings. The predicted molar refractivity (Wildman–Crippen MR) is 88.1 cm³/mol. The van der Waals surface area contributed by atoms with Gasteiger partial charge in [-0.1, -0.05) is 12.1 Å². The molecule has 0 saturated carbocycles. The molecule has 1 aromatic carbocycles. The van der Waals surface area contributed by atoms with Gasteiger partial charge in [0.2, 0.25) is 0 Å². The van der Waals surface area contributed by atoms with Crippen LogP contribution < -0.4 is 10.6 Å². The SMILES string of the molecule is COCc1cccc(NC(=O)C2(n3cccn3)CCNCC2)c1. The van der Waals surface area contributed by atoms with Crippen molar-refractivity contribution in [1.29, 1.82) is 0 Å². The monoisotopic (exact) mass is 314 g/mol. The van der Waals surface area contributed by atoms with Crippen LogP contribution in [-0.4, -0.2) is 35.9 Å². The van der Waals surface area contributed by atoms with Gasteiger partial charge in [-0.3, -0.25) is 9.48 Å². The second kappa shape index (κ2) is 6.93. The molecule has 0 unspecified atom stereocenters. The van der Waals surface area contributed by atoms with Gasteiger partial charge >= 0.3 is 0 Å². The zero-order valence-corrected chi connectivity index (χ0v) is 13.3. The second-order valence-corrected chi connectivity index (χ2v) is 5.82. The van der Waals surface area contributed by atoms with E-state index in [-0.39, 0.29) is 5.91 Å². The number of ether oxygens (including phenoxy) is 1. The van der Waals surface area contributed by atoms with Crippen LogP contribution in [0, 0.1) is 0 Å². The highest BCUT2D eigenvalue weighted by atomic mass is 16.5. The first-order valence-electron chi connectivity index (χ1n) is 7.85. The lowest BCUT2D eigenvalue weighted by Gasteiger charge is -2.36. The van der Waals surface area contributed by atoms with E-state index in [2.05, 4.69) is 15.7 Å². The Hall–Kier alpha value is -2.18. The number of carbonyl (C=O) groups is 1. The van der Waals surface area contributed by atoms with Crippen LogP contribution in [0.1, 0.15) is 18.4 Å². The maximum Gasteiger partial charge on any atom is 0.252 e. The highest BCUT2D eigenvalue weighted by Gasteiger charge is 2.42. The van der Waals surface area contributed by atoms with Crippen LogP contribution in [0.15, 0.2) is 42.7 Å². The third-order valence-electron chi connectivity index (χ3n) is 4.29. The fraction of sp³-hybridized carbons (Fsp3) is 0.412. The molecule has 122 valence electrons. The summed E-state index contributed by atoms with van der Waals surface area (Å²) in [4.78, 5) is 13.0. The molecule has 1 aliphatic heterocycles. The molecule has 0 spiro atoms. The molecule has 6 nitrogen and oxygen atoms in total. The van der Waals surface area contributed by atoms with Crippen molar-refractivity contribution in [3.8, 4) is 0 Å².